The summed E-state index contributed by atoms with van der Waals surface area (Å²) in [5, 5.41) is 10.8. The summed E-state index contributed by atoms with van der Waals surface area (Å²) in [4.78, 5) is 41.6. The number of carbonyl (C=O) groups excluding carboxylic acids is 2. The van der Waals surface area contributed by atoms with Gasteiger partial charge >= 0.3 is 5.97 Å². The van der Waals surface area contributed by atoms with Gasteiger partial charge in [0, 0.05) is 93.7 Å². The molecule has 1 N–H and O–H groups in total. The Morgan fingerprint density at radius 3 is 2.64 bits per heavy atom. The molecule has 7 rings (SSSR count). The highest BCUT2D eigenvalue weighted by Gasteiger charge is 2.33. The number of fused-ring (bicyclic) bond motifs is 7. The highest BCUT2D eigenvalue weighted by atomic mass is 28.2. The number of benzene rings is 1. The number of esters is 1. The van der Waals surface area contributed by atoms with Crippen LogP contribution in [0.15, 0.2) is 30.5 Å². The average molecular weight is 740 g/mol. The van der Waals surface area contributed by atoms with E-state index < -0.39 is 5.41 Å². The molecule has 0 aliphatic carbocycles. The number of aryl methyl sites for hydroxylation is 3. The van der Waals surface area contributed by atoms with Crippen LogP contribution < -0.4 is 9.99 Å². The van der Waals surface area contributed by atoms with Crippen molar-refractivity contribution in [3.8, 4) is 22.6 Å². The number of nitrogens with zero attached hydrogens (tertiary/aromatic N) is 8. The Hall–Kier alpha value is -4.11. The number of pyridine rings is 1. The Balaban J connectivity index is 1.41. The van der Waals surface area contributed by atoms with E-state index in [0.717, 1.165) is 84.1 Å². The lowest BCUT2D eigenvalue weighted by molar-refractivity contribution is -0.146. The molecule has 1 aromatic carbocycles. The predicted molar refractivity (Wildman–Crippen MR) is 206 cm³/mol. The molecule has 3 aliphatic rings. The molecule has 13 nitrogen and oxygen atoms in total. The maximum atomic E-state index is 13.6. The minimum absolute atomic E-state index is 0.0209. The summed E-state index contributed by atoms with van der Waals surface area (Å²) in [7, 11) is 5.89. The zero-order chi connectivity index (χ0) is 37.4. The Kier molecular flexibility index (Phi) is 10.8. The van der Waals surface area contributed by atoms with E-state index in [1.807, 2.05) is 17.9 Å². The minimum Gasteiger partial charge on any atom is -0.465 e. The van der Waals surface area contributed by atoms with Gasteiger partial charge in [-0.05, 0) is 70.0 Å². The van der Waals surface area contributed by atoms with Gasteiger partial charge < -0.3 is 23.8 Å². The van der Waals surface area contributed by atoms with Crippen LogP contribution in [0.4, 0.5) is 5.69 Å². The summed E-state index contributed by atoms with van der Waals surface area (Å²) in [6.07, 6.45) is 4.52. The van der Waals surface area contributed by atoms with Crippen LogP contribution in [-0.4, -0.2) is 109 Å². The number of hydrogen-bond acceptors (Lipinski definition) is 10. The minimum atomic E-state index is -0.410. The van der Waals surface area contributed by atoms with Gasteiger partial charge in [0.2, 0.25) is 5.91 Å². The molecule has 53 heavy (non-hydrogen) atoms. The predicted octanol–water partition coefficient (Wildman–Crippen LogP) is 4.57. The molecule has 6 heterocycles. The maximum absolute atomic E-state index is 13.6. The number of cyclic esters (lactones) is 1. The molecule has 0 saturated carbocycles. The number of nitrogens with one attached hydrogen (secondary N) is 1. The molecule has 2 saturated heterocycles. The molecular weight excluding hydrogens is 687 g/mol. The molecule has 4 aromatic rings. The quantitative estimate of drug-likeness (QED) is 0.230. The van der Waals surface area contributed by atoms with E-state index in [1.54, 1.807) is 12.1 Å². The fourth-order valence-corrected chi connectivity index (χ4v) is 8.95. The summed E-state index contributed by atoms with van der Waals surface area (Å²) in [5.74, 6) is 1.15. The van der Waals surface area contributed by atoms with Crippen molar-refractivity contribution in [3.05, 3.63) is 47.5 Å². The summed E-state index contributed by atoms with van der Waals surface area (Å²) in [6, 6.07) is 8.84. The van der Waals surface area contributed by atoms with Crippen molar-refractivity contribution in [1.29, 1.82) is 0 Å². The van der Waals surface area contributed by atoms with Crippen molar-refractivity contribution in [3.63, 3.8) is 0 Å². The van der Waals surface area contributed by atoms with Crippen molar-refractivity contribution >= 4 is 38.1 Å². The van der Waals surface area contributed by atoms with Crippen LogP contribution in [0.2, 0.25) is 5.54 Å². The number of hydrogen-bond donors (Lipinski definition) is 1. The number of carbonyl (C=O) groups is 2. The number of piperazine rings is 1. The summed E-state index contributed by atoms with van der Waals surface area (Å²) in [6.45, 7) is 14.0. The zero-order valence-corrected chi connectivity index (χ0v) is 33.2. The summed E-state index contributed by atoms with van der Waals surface area (Å²) in [5.41, 5.74) is 6.69. The van der Waals surface area contributed by atoms with Crippen LogP contribution in [0.5, 0.6) is 0 Å². The lowest BCUT2D eigenvalue weighted by Crippen LogP contribution is -2.45. The fraction of sp³-hybridized carbons (Fsp3) is 0.564. The number of aromatic nitrogens is 5. The summed E-state index contributed by atoms with van der Waals surface area (Å²) >= 11 is 0. The standard InChI is InChI=1S/C39H53N9O4Si/c1-8-47-31-12-11-26-20-28(31)30(36(47)29-21-27(23-40-35(29)25(2)51-7)46-18-16-44(5)17-19-46)22-39(3,4)24-52-38(50)32-10-9-15-48(43-53-32)34(49)14-13-33-41-37(26)45(6)42-33/h11-12,20-21,23,25,32,43H,8-10,13-19,22,24H2,1-7H3/t25-,32-/m0/s1. The molecule has 1 amide bonds. The van der Waals surface area contributed by atoms with Gasteiger partial charge in [0.15, 0.2) is 21.3 Å². The molecule has 2 atom stereocenters. The third-order valence-electron chi connectivity index (χ3n) is 11.0. The van der Waals surface area contributed by atoms with E-state index in [0.29, 0.717) is 31.6 Å². The summed E-state index contributed by atoms with van der Waals surface area (Å²) < 4.78 is 16.3. The van der Waals surface area contributed by atoms with Crippen LogP contribution in [0, 0.1) is 5.41 Å². The lowest BCUT2D eigenvalue weighted by Gasteiger charge is -2.34. The van der Waals surface area contributed by atoms with Crippen molar-refractivity contribution < 1.29 is 19.1 Å². The SMILES string of the molecule is CCn1c(-c2cc(N3CCN(C)CC3)cnc2[C@H](C)OC)c2c3cc(ccc31)-c1nc(nn1C)CCC(=O)N1CCC[C@H]([Si]N1)C(=O)OCC(C)(C)C2. The number of amides is 1. The van der Waals surface area contributed by atoms with Gasteiger partial charge in [-0.3, -0.25) is 24.7 Å². The van der Waals surface area contributed by atoms with E-state index in [4.69, 9.17) is 24.5 Å². The van der Waals surface area contributed by atoms with Gasteiger partial charge in [-0.15, -0.1) is 0 Å². The molecule has 14 heteroatoms. The first kappa shape index (κ1) is 37.2. The molecule has 2 fully saturated rings. The molecule has 0 spiro atoms. The number of hydrazine groups is 1. The molecule has 2 radical (unpaired) electrons. The van der Waals surface area contributed by atoms with Gasteiger partial charge in [-0.1, -0.05) is 13.8 Å². The van der Waals surface area contributed by atoms with Gasteiger partial charge in [0.25, 0.3) is 0 Å². The number of ether oxygens (including phenoxy) is 2. The van der Waals surface area contributed by atoms with Gasteiger partial charge in [0.1, 0.15) is 0 Å². The monoisotopic (exact) mass is 739 g/mol. The highest BCUT2D eigenvalue weighted by Crippen LogP contribution is 2.43. The topological polar surface area (TPSA) is 123 Å². The van der Waals surface area contributed by atoms with E-state index in [-0.39, 0.29) is 46.2 Å². The van der Waals surface area contributed by atoms with E-state index in [9.17, 15) is 9.59 Å². The smallest absolute Gasteiger partial charge is 0.307 e. The van der Waals surface area contributed by atoms with Crippen LogP contribution >= 0.6 is 0 Å². The molecule has 282 valence electrons. The van der Waals surface area contributed by atoms with Gasteiger partial charge in [-0.2, -0.15) is 5.10 Å². The lowest BCUT2D eigenvalue weighted by atomic mass is 9.84. The number of anilines is 1. The zero-order valence-electron chi connectivity index (χ0n) is 32.2. The molecule has 3 aliphatic heterocycles. The van der Waals surface area contributed by atoms with E-state index in [2.05, 4.69) is 78.5 Å². The van der Waals surface area contributed by atoms with Crippen LogP contribution in [0.25, 0.3) is 33.5 Å². The van der Waals surface area contributed by atoms with Crippen LogP contribution in [-0.2, 0) is 45.5 Å². The Labute approximate surface area is 314 Å². The number of methoxy groups -OCH3 is 1. The first-order valence-electron chi connectivity index (χ1n) is 19.0. The maximum Gasteiger partial charge on any atom is 0.307 e. The number of rotatable bonds is 5. The van der Waals surface area contributed by atoms with Crippen molar-refractivity contribution in [2.75, 3.05) is 58.4 Å². The highest BCUT2D eigenvalue weighted by molar-refractivity contribution is 6.41. The first-order chi connectivity index (χ1) is 25.5. The molecular formula is C39H53N9O4Si. The van der Waals surface area contributed by atoms with Crippen molar-refractivity contribution in [1.82, 2.24) is 39.3 Å². The second-order valence-corrected chi connectivity index (χ2v) is 16.7. The van der Waals surface area contributed by atoms with Crippen LogP contribution in [0.3, 0.4) is 0 Å². The largest absolute Gasteiger partial charge is 0.465 e. The normalized spacial score (nSPS) is 21.0. The van der Waals surface area contributed by atoms with Crippen molar-refractivity contribution in [2.24, 2.45) is 12.5 Å². The Morgan fingerprint density at radius 1 is 1.09 bits per heavy atom. The third-order valence-corrected chi connectivity index (χ3v) is 12.2. The van der Waals surface area contributed by atoms with Crippen LogP contribution in [0.1, 0.15) is 70.1 Å². The number of likely N-dealkylation sites (N-methyl/N-ethyl adjacent to an activating group) is 1. The van der Waals surface area contributed by atoms with Gasteiger partial charge in [0.05, 0.1) is 41.5 Å². The van der Waals surface area contributed by atoms with Crippen molar-refractivity contribution in [2.45, 2.75) is 78.0 Å². The van der Waals surface area contributed by atoms with E-state index in [1.165, 1.54) is 5.56 Å². The average Bonchev–Trinajstić information content (AvgIpc) is 3.55. The molecule has 0 unspecified atom stereocenters. The van der Waals surface area contributed by atoms with Gasteiger partial charge in [-0.25, -0.2) is 9.67 Å². The second-order valence-electron chi connectivity index (χ2n) is 15.5. The van der Waals surface area contributed by atoms with E-state index >= 15 is 0 Å². The second kappa shape index (κ2) is 15.3. The molecule has 6 bridgehead atoms. The first-order valence-corrected chi connectivity index (χ1v) is 20.0. The third kappa shape index (κ3) is 7.64. The Bertz CT molecular complexity index is 1980. The Morgan fingerprint density at radius 2 is 1.89 bits per heavy atom. The fourth-order valence-electron chi connectivity index (χ4n) is 7.85. The molecule has 3 aromatic heterocycles.